The van der Waals surface area contributed by atoms with Crippen molar-refractivity contribution in [1.29, 1.82) is 10.5 Å². The molecule has 1 aliphatic heterocycles. The number of nitrogens with zero attached hydrogens (tertiary/aromatic N) is 2. The summed E-state index contributed by atoms with van der Waals surface area (Å²) < 4.78 is 4.91. The van der Waals surface area contributed by atoms with Crippen LogP contribution in [0.4, 0.5) is 0 Å². The second-order valence-corrected chi connectivity index (χ2v) is 4.62. The fourth-order valence-electron chi connectivity index (χ4n) is 2.21. The van der Waals surface area contributed by atoms with Crippen LogP contribution >= 0.6 is 0 Å². The maximum Gasteiger partial charge on any atom is 0.336 e. The first-order valence-electron chi connectivity index (χ1n) is 6.19. The van der Waals surface area contributed by atoms with Crippen LogP contribution in [0.15, 0.2) is 22.5 Å². The number of hydrogen-bond donors (Lipinski definition) is 1. The van der Waals surface area contributed by atoms with E-state index in [9.17, 15) is 14.7 Å². The number of rotatable bonds is 4. The number of hydrogen-bond acceptors (Lipinski definition) is 7. The molecule has 0 saturated carbocycles. The van der Waals surface area contributed by atoms with Crippen LogP contribution in [0.1, 0.15) is 20.8 Å². The first-order chi connectivity index (χ1) is 9.83. The minimum atomic E-state index is -1.36. The van der Waals surface area contributed by atoms with Gasteiger partial charge in [-0.05, 0) is 13.8 Å². The number of nitrogens with one attached hydrogen (secondary N) is 1. The van der Waals surface area contributed by atoms with Crippen molar-refractivity contribution < 1.29 is 19.4 Å². The fourth-order valence-corrected chi connectivity index (χ4v) is 2.21. The average Bonchev–Trinajstić information content (AvgIpc) is 2.38. The van der Waals surface area contributed by atoms with Gasteiger partial charge in [0.05, 0.1) is 23.7 Å². The van der Waals surface area contributed by atoms with Crippen LogP contribution < -0.4 is 10.4 Å². The molecule has 0 fully saturated rings. The van der Waals surface area contributed by atoms with E-state index in [1.807, 2.05) is 0 Å². The minimum Gasteiger partial charge on any atom is -0.545 e. The minimum absolute atomic E-state index is 0.0235. The summed E-state index contributed by atoms with van der Waals surface area (Å²) in [6.07, 6.45) is 0. The number of ether oxygens (including phenoxy) is 1. The molecule has 0 aliphatic carbocycles. The molecular weight excluding hydrogens is 274 g/mol. The van der Waals surface area contributed by atoms with Crippen LogP contribution in [0, 0.1) is 34.5 Å². The molecule has 0 aromatic heterocycles. The molecule has 1 rings (SSSR count). The predicted octanol–water partition coefficient (Wildman–Crippen LogP) is -0.270. The Morgan fingerprint density at radius 3 is 2.29 bits per heavy atom. The van der Waals surface area contributed by atoms with Gasteiger partial charge in [-0.2, -0.15) is 10.5 Å². The Labute approximate surface area is 122 Å². The van der Waals surface area contributed by atoms with Gasteiger partial charge in [0.1, 0.15) is 6.61 Å². The van der Waals surface area contributed by atoms with Crippen molar-refractivity contribution in [2.45, 2.75) is 20.8 Å². The van der Waals surface area contributed by atoms with E-state index in [1.54, 1.807) is 32.9 Å². The van der Waals surface area contributed by atoms with Crippen LogP contribution in [0.25, 0.3) is 0 Å². The van der Waals surface area contributed by atoms with Gasteiger partial charge in [0.15, 0.2) is 5.92 Å². The lowest BCUT2D eigenvalue weighted by Gasteiger charge is -2.29. The van der Waals surface area contributed by atoms with Crippen molar-refractivity contribution in [3.8, 4) is 12.1 Å². The van der Waals surface area contributed by atoms with E-state index < -0.39 is 23.8 Å². The van der Waals surface area contributed by atoms with Crippen molar-refractivity contribution >= 4 is 11.9 Å². The molecule has 0 aromatic carbocycles. The second kappa shape index (κ2) is 6.58. The number of aliphatic carboxylic acids is 1. The molecule has 0 aromatic rings. The van der Waals surface area contributed by atoms with Gasteiger partial charge in [0, 0.05) is 22.9 Å². The van der Waals surface area contributed by atoms with E-state index in [0.717, 1.165) is 0 Å². The normalized spacial score (nSPS) is 17.9. The number of nitriles is 2. The highest BCUT2D eigenvalue weighted by atomic mass is 16.5. The molecule has 1 aliphatic rings. The first kappa shape index (κ1) is 16.3. The molecule has 1 atom stereocenters. The summed E-state index contributed by atoms with van der Waals surface area (Å²) in [5.41, 5.74) is 1.00. The molecule has 0 saturated heterocycles. The molecule has 110 valence electrons. The van der Waals surface area contributed by atoms with Crippen LogP contribution in [-0.2, 0) is 14.3 Å². The lowest BCUT2D eigenvalue weighted by molar-refractivity contribution is -0.299. The Morgan fingerprint density at radius 2 is 1.81 bits per heavy atom. The molecule has 7 nitrogen and oxygen atoms in total. The molecule has 7 heteroatoms. The summed E-state index contributed by atoms with van der Waals surface area (Å²) in [5.74, 6) is -3.88. The maximum atomic E-state index is 12.1. The van der Waals surface area contributed by atoms with E-state index in [4.69, 9.17) is 15.3 Å². The number of carboxylic acids is 1. The molecule has 1 heterocycles. The lowest BCUT2D eigenvalue weighted by Crippen LogP contribution is -2.37. The fraction of sp³-hybridized carbons (Fsp3) is 0.429. The molecule has 0 bridgehead atoms. The van der Waals surface area contributed by atoms with Crippen LogP contribution in [0.2, 0.25) is 0 Å². The summed E-state index contributed by atoms with van der Waals surface area (Å²) in [5, 5.41) is 31.2. The van der Waals surface area contributed by atoms with Crippen LogP contribution in [0.5, 0.6) is 0 Å². The summed E-state index contributed by atoms with van der Waals surface area (Å²) in [7, 11) is 0. The average molecular weight is 288 g/mol. The molecule has 21 heavy (non-hydrogen) atoms. The smallest absolute Gasteiger partial charge is 0.336 e. The summed E-state index contributed by atoms with van der Waals surface area (Å²) in [4.78, 5) is 23.2. The van der Waals surface area contributed by atoms with E-state index in [2.05, 4.69) is 5.32 Å². The maximum absolute atomic E-state index is 12.1. The van der Waals surface area contributed by atoms with Gasteiger partial charge < -0.3 is 20.0 Å². The zero-order chi connectivity index (χ0) is 16.2. The highest BCUT2D eigenvalue weighted by Gasteiger charge is 2.30. The number of esters is 1. The Hall–Kier alpha value is -2.80. The Bertz CT molecular complexity index is 605. The zero-order valence-corrected chi connectivity index (χ0v) is 11.9. The SMILES string of the molecule is CC1=C(C(=O)[O-])C(C)C(C(=O)OCC(C#N)C#N)=C(C)N1. The van der Waals surface area contributed by atoms with Crippen molar-refractivity contribution in [3.63, 3.8) is 0 Å². The second-order valence-electron chi connectivity index (χ2n) is 4.62. The number of carbonyl (C=O) groups excluding carboxylic acids is 2. The number of carboxylic acid groups (broad SMARTS) is 1. The van der Waals surface area contributed by atoms with Crippen molar-refractivity contribution in [3.05, 3.63) is 22.5 Å². The highest BCUT2D eigenvalue weighted by molar-refractivity contribution is 5.96. The summed E-state index contributed by atoms with van der Waals surface area (Å²) in [6.45, 7) is 4.39. The van der Waals surface area contributed by atoms with Crippen molar-refractivity contribution in [2.75, 3.05) is 6.61 Å². The molecule has 0 amide bonds. The standard InChI is InChI=1S/C14H15N3O4/c1-7-11(13(18)19)8(2)17-9(3)12(7)14(20)21-6-10(4-15)5-16/h7,10,17H,6H2,1-3H3,(H,18,19)/p-1. The number of carbonyl (C=O) groups is 2. The van der Waals surface area contributed by atoms with Crippen LogP contribution in [-0.4, -0.2) is 18.5 Å². The molecule has 0 spiro atoms. The quantitative estimate of drug-likeness (QED) is 0.705. The van der Waals surface area contributed by atoms with Gasteiger partial charge in [0.2, 0.25) is 0 Å². The van der Waals surface area contributed by atoms with Gasteiger partial charge in [-0.15, -0.1) is 0 Å². The summed E-state index contributed by atoms with van der Waals surface area (Å²) in [6, 6.07) is 3.37. The Morgan fingerprint density at radius 1 is 1.29 bits per heavy atom. The lowest BCUT2D eigenvalue weighted by atomic mass is 9.87. The highest BCUT2D eigenvalue weighted by Crippen LogP contribution is 2.29. The van der Waals surface area contributed by atoms with E-state index in [0.29, 0.717) is 11.4 Å². The summed E-state index contributed by atoms with van der Waals surface area (Å²) >= 11 is 0. The Kier molecular flexibility index (Phi) is 5.09. The van der Waals surface area contributed by atoms with Crippen molar-refractivity contribution in [1.82, 2.24) is 5.32 Å². The monoisotopic (exact) mass is 288 g/mol. The third kappa shape index (κ3) is 3.40. The Balaban J connectivity index is 2.95. The van der Waals surface area contributed by atoms with Gasteiger partial charge in [0.25, 0.3) is 0 Å². The van der Waals surface area contributed by atoms with Crippen molar-refractivity contribution in [2.24, 2.45) is 11.8 Å². The van der Waals surface area contributed by atoms with E-state index in [1.165, 1.54) is 0 Å². The van der Waals surface area contributed by atoms with Gasteiger partial charge in [-0.3, -0.25) is 0 Å². The number of dihydropyridines is 1. The molecule has 0 radical (unpaired) electrons. The third-order valence-corrected chi connectivity index (χ3v) is 3.18. The molecule has 1 unspecified atom stereocenters. The molecule has 1 N–H and O–H groups in total. The van der Waals surface area contributed by atoms with Crippen LogP contribution in [0.3, 0.4) is 0 Å². The van der Waals surface area contributed by atoms with Gasteiger partial charge >= 0.3 is 5.97 Å². The first-order valence-corrected chi connectivity index (χ1v) is 6.19. The largest absolute Gasteiger partial charge is 0.545 e. The topological polar surface area (TPSA) is 126 Å². The van der Waals surface area contributed by atoms with E-state index >= 15 is 0 Å². The zero-order valence-electron chi connectivity index (χ0n) is 11.9. The predicted molar refractivity (Wildman–Crippen MR) is 68.4 cm³/mol. The third-order valence-electron chi connectivity index (χ3n) is 3.18. The van der Waals surface area contributed by atoms with Gasteiger partial charge in [-0.25, -0.2) is 4.79 Å². The number of allylic oxidation sites excluding steroid dienone is 2. The van der Waals surface area contributed by atoms with E-state index in [-0.39, 0.29) is 17.8 Å². The molecular formula is C14H14N3O4-. The van der Waals surface area contributed by atoms with Gasteiger partial charge in [-0.1, -0.05) is 6.92 Å².